The van der Waals surface area contributed by atoms with Crippen LogP contribution in [0, 0.1) is 0 Å². The predicted octanol–water partition coefficient (Wildman–Crippen LogP) is -0.132. The Morgan fingerprint density at radius 3 is 2.39 bits per heavy atom. The number of amides is 2. The fourth-order valence-corrected chi connectivity index (χ4v) is 2.79. The molecule has 0 aliphatic rings. The van der Waals surface area contributed by atoms with Crippen molar-refractivity contribution < 1.29 is 24.7 Å². The number of aryl methyl sites for hydroxylation is 1. The van der Waals surface area contributed by atoms with Crippen LogP contribution >= 0.6 is 0 Å². The van der Waals surface area contributed by atoms with Crippen molar-refractivity contribution in [3.63, 3.8) is 0 Å². The molecule has 0 aliphatic carbocycles. The highest BCUT2D eigenvalue weighted by Crippen LogP contribution is 2.12. The summed E-state index contributed by atoms with van der Waals surface area (Å²) in [6.45, 7) is 1.76. The number of phenols is 1. The Hall–Kier alpha value is -2.84. The van der Waals surface area contributed by atoms with Crippen LogP contribution in [0.2, 0.25) is 0 Å². The van der Waals surface area contributed by atoms with Gasteiger partial charge in [-0.3, -0.25) is 9.59 Å². The first kappa shape index (κ1) is 21.5. The molecule has 0 saturated carbocycles. The molecule has 0 fully saturated rings. The Morgan fingerprint density at radius 2 is 1.75 bits per heavy atom. The van der Waals surface area contributed by atoms with Crippen LogP contribution < -0.4 is 16.1 Å². The van der Waals surface area contributed by atoms with Crippen molar-refractivity contribution in [1.29, 1.82) is 0 Å². The number of nitrogens with one attached hydrogen (secondary N) is 2. The monoisotopic (exact) mass is 384 g/mol. The van der Waals surface area contributed by atoms with Crippen LogP contribution in [0.5, 0.6) is 5.75 Å². The van der Waals surface area contributed by atoms with Gasteiger partial charge in [0.05, 0.1) is 6.54 Å². The van der Waals surface area contributed by atoms with E-state index in [2.05, 4.69) is 10.6 Å². The Bertz CT molecular complexity index is 795. The molecule has 5 N–H and O–H groups in total. The number of carbonyl (C=O) groups excluding carboxylic acids is 2. The molecule has 8 heteroatoms. The minimum absolute atomic E-state index is 0.0984. The molecule has 2 rings (SSSR count). The lowest BCUT2D eigenvalue weighted by molar-refractivity contribution is -0.126. The van der Waals surface area contributed by atoms with E-state index in [1.807, 2.05) is 13.0 Å². The van der Waals surface area contributed by atoms with Crippen molar-refractivity contribution in [2.45, 2.75) is 32.2 Å². The molecule has 0 heterocycles. The van der Waals surface area contributed by atoms with E-state index in [1.165, 1.54) is 0 Å². The molecule has 0 radical (unpaired) electrons. The maximum absolute atomic E-state index is 12.0. The molecule has 1 atom stereocenters. The third-order valence-corrected chi connectivity index (χ3v) is 4.22. The van der Waals surface area contributed by atoms with Crippen molar-refractivity contribution in [2.24, 2.45) is 0 Å². The molecule has 1 unspecified atom stereocenters. The molecule has 7 nitrogen and oxygen atoms in total. The van der Waals surface area contributed by atoms with Crippen LogP contribution in [0.3, 0.4) is 0 Å². The molecule has 2 amide bonds. The van der Waals surface area contributed by atoms with E-state index in [9.17, 15) is 14.7 Å². The van der Waals surface area contributed by atoms with Gasteiger partial charge in [-0.05, 0) is 48.5 Å². The first-order valence-corrected chi connectivity index (χ1v) is 9.12. The van der Waals surface area contributed by atoms with E-state index < -0.39 is 7.12 Å². The molecule has 0 aromatic heterocycles. The van der Waals surface area contributed by atoms with Crippen molar-refractivity contribution in [2.75, 3.05) is 6.54 Å². The molecule has 0 saturated heterocycles. The first-order valence-electron chi connectivity index (χ1n) is 9.12. The second-order valence-electron chi connectivity index (χ2n) is 6.73. The van der Waals surface area contributed by atoms with E-state index in [1.54, 1.807) is 42.5 Å². The smallest absolute Gasteiger partial charge is 0.488 e. The van der Waals surface area contributed by atoms with E-state index in [4.69, 9.17) is 10.0 Å². The largest absolute Gasteiger partial charge is 0.508 e. The summed E-state index contributed by atoms with van der Waals surface area (Å²) >= 11 is 0. The second-order valence-corrected chi connectivity index (χ2v) is 6.73. The maximum atomic E-state index is 12.0. The maximum Gasteiger partial charge on any atom is 0.488 e. The number of carbonyl (C=O) groups is 2. The SMILES string of the molecule is CC(Cc1ccc(B(O)O)cc1)NC(=O)CNC(=O)CCc1cccc(O)c1. The van der Waals surface area contributed by atoms with E-state index in [0.717, 1.165) is 11.1 Å². The summed E-state index contributed by atoms with van der Waals surface area (Å²) in [5.74, 6) is -0.349. The van der Waals surface area contributed by atoms with Gasteiger partial charge in [-0.15, -0.1) is 0 Å². The van der Waals surface area contributed by atoms with Crippen molar-refractivity contribution >= 4 is 24.4 Å². The molecule has 0 bridgehead atoms. The summed E-state index contributed by atoms with van der Waals surface area (Å²) in [5.41, 5.74) is 2.22. The van der Waals surface area contributed by atoms with Gasteiger partial charge in [0.15, 0.2) is 0 Å². The summed E-state index contributed by atoms with van der Waals surface area (Å²) in [5, 5.41) is 33.0. The molecule has 2 aromatic carbocycles. The summed E-state index contributed by atoms with van der Waals surface area (Å²) < 4.78 is 0. The number of phenolic OH excluding ortho intramolecular Hbond substituents is 1. The molecule has 0 spiro atoms. The Kier molecular flexibility index (Phi) is 8.04. The van der Waals surface area contributed by atoms with Gasteiger partial charge in [-0.2, -0.15) is 0 Å². The van der Waals surface area contributed by atoms with Gasteiger partial charge >= 0.3 is 7.12 Å². The standard InChI is InChI=1S/C20H25BN2O5/c1-14(11-16-5-8-17(9-6-16)21(27)28)23-20(26)13-22-19(25)10-7-15-3-2-4-18(24)12-15/h2-6,8-9,12,14,24,27-28H,7,10-11,13H2,1H3,(H,22,25)(H,23,26). The molecule has 148 valence electrons. The quantitative estimate of drug-likeness (QED) is 0.386. The fraction of sp³-hybridized carbons (Fsp3) is 0.300. The van der Waals surface area contributed by atoms with Gasteiger partial charge in [0.25, 0.3) is 0 Å². The van der Waals surface area contributed by atoms with Crippen LogP contribution in [-0.2, 0) is 22.4 Å². The average Bonchev–Trinajstić information content (AvgIpc) is 2.65. The van der Waals surface area contributed by atoms with Crippen molar-refractivity contribution in [3.8, 4) is 5.75 Å². The first-order chi connectivity index (χ1) is 13.3. The van der Waals surface area contributed by atoms with E-state index in [0.29, 0.717) is 18.3 Å². The van der Waals surface area contributed by atoms with Gasteiger partial charge in [-0.1, -0.05) is 36.4 Å². The van der Waals surface area contributed by atoms with Gasteiger partial charge < -0.3 is 25.8 Å². The molecule has 2 aromatic rings. The highest BCUT2D eigenvalue weighted by Gasteiger charge is 2.12. The molecule has 0 aliphatic heterocycles. The number of hydrogen-bond donors (Lipinski definition) is 5. The number of aromatic hydroxyl groups is 1. The van der Waals surface area contributed by atoms with E-state index in [-0.39, 0.29) is 36.6 Å². The Labute approximate surface area is 164 Å². The highest BCUT2D eigenvalue weighted by atomic mass is 16.4. The lowest BCUT2D eigenvalue weighted by Crippen LogP contribution is -2.41. The average molecular weight is 384 g/mol. The number of hydrogen-bond acceptors (Lipinski definition) is 5. The van der Waals surface area contributed by atoms with Gasteiger partial charge in [-0.25, -0.2) is 0 Å². The zero-order chi connectivity index (χ0) is 20.5. The third-order valence-electron chi connectivity index (χ3n) is 4.22. The highest BCUT2D eigenvalue weighted by molar-refractivity contribution is 6.58. The van der Waals surface area contributed by atoms with Crippen molar-refractivity contribution in [3.05, 3.63) is 59.7 Å². The number of benzene rings is 2. The molecule has 28 heavy (non-hydrogen) atoms. The van der Waals surface area contributed by atoms with Crippen LogP contribution in [-0.4, -0.2) is 46.7 Å². The topological polar surface area (TPSA) is 119 Å². The van der Waals surface area contributed by atoms with Gasteiger partial charge in [0.2, 0.25) is 11.8 Å². The Morgan fingerprint density at radius 1 is 1.04 bits per heavy atom. The second kappa shape index (κ2) is 10.5. The summed E-state index contributed by atoms with van der Waals surface area (Å²) in [7, 11) is -1.50. The molecular formula is C20H25BN2O5. The van der Waals surface area contributed by atoms with Crippen LogP contribution in [0.4, 0.5) is 0 Å². The van der Waals surface area contributed by atoms with Crippen LogP contribution in [0.15, 0.2) is 48.5 Å². The lowest BCUT2D eigenvalue weighted by Gasteiger charge is -2.15. The predicted molar refractivity (Wildman–Crippen MR) is 107 cm³/mol. The van der Waals surface area contributed by atoms with Gasteiger partial charge in [0, 0.05) is 12.5 Å². The third kappa shape index (κ3) is 7.42. The lowest BCUT2D eigenvalue weighted by atomic mass is 9.80. The van der Waals surface area contributed by atoms with Crippen molar-refractivity contribution in [1.82, 2.24) is 10.6 Å². The van der Waals surface area contributed by atoms with E-state index >= 15 is 0 Å². The summed E-state index contributed by atoms with van der Waals surface area (Å²) in [6.07, 6.45) is 1.30. The zero-order valence-electron chi connectivity index (χ0n) is 15.8. The van der Waals surface area contributed by atoms with Crippen LogP contribution in [0.1, 0.15) is 24.5 Å². The number of rotatable bonds is 9. The Balaban J connectivity index is 1.68. The zero-order valence-corrected chi connectivity index (χ0v) is 15.8. The summed E-state index contributed by atoms with van der Waals surface area (Å²) in [4.78, 5) is 23.9. The normalized spacial score (nSPS) is 11.5. The summed E-state index contributed by atoms with van der Waals surface area (Å²) in [6, 6.07) is 13.4. The minimum Gasteiger partial charge on any atom is -0.508 e. The van der Waals surface area contributed by atoms with Gasteiger partial charge in [0.1, 0.15) is 5.75 Å². The molecular weight excluding hydrogens is 359 g/mol. The minimum atomic E-state index is -1.50. The van der Waals surface area contributed by atoms with Crippen LogP contribution in [0.25, 0.3) is 0 Å². The fourth-order valence-electron chi connectivity index (χ4n) is 2.79.